The van der Waals surface area contributed by atoms with Crippen LogP contribution >= 0.6 is 0 Å². The number of nitrogens with zero attached hydrogens (tertiary/aromatic N) is 1. The number of aromatic nitrogens is 1. The zero-order valence-electron chi connectivity index (χ0n) is 17.4. The predicted octanol–water partition coefficient (Wildman–Crippen LogP) is 2.44. The summed E-state index contributed by atoms with van der Waals surface area (Å²) in [6.07, 6.45) is 3.67. The first-order chi connectivity index (χ1) is 15.5. The van der Waals surface area contributed by atoms with Gasteiger partial charge >= 0.3 is 5.97 Å². The summed E-state index contributed by atoms with van der Waals surface area (Å²) in [4.78, 5) is 54.9. The minimum atomic E-state index is -0.916. The van der Waals surface area contributed by atoms with Crippen LogP contribution in [0.5, 0.6) is 0 Å². The van der Waals surface area contributed by atoms with Crippen LogP contribution in [0.4, 0.5) is 0 Å². The average Bonchev–Trinajstić information content (AvgIpc) is 3.51. The summed E-state index contributed by atoms with van der Waals surface area (Å²) < 4.78 is 4.89. The van der Waals surface area contributed by atoms with Gasteiger partial charge in [-0.1, -0.05) is 18.2 Å². The molecule has 162 valence electrons. The zero-order chi connectivity index (χ0) is 22.4. The molecule has 3 amide bonds. The smallest absolute Gasteiger partial charge is 0.328 e. The van der Waals surface area contributed by atoms with Crippen LogP contribution in [0, 0.1) is 0 Å². The van der Waals surface area contributed by atoms with Crippen molar-refractivity contribution in [3.8, 4) is 0 Å². The molecule has 5 rings (SSSR count). The molecule has 0 radical (unpaired) electrons. The number of aromatic amines is 1. The van der Waals surface area contributed by atoms with E-state index in [4.69, 9.17) is 4.74 Å². The maximum atomic E-state index is 12.9. The molecule has 2 aliphatic rings. The van der Waals surface area contributed by atoms with Crippen LogP contribution in [-0.4, -0.2) is 52.8 Å². The first-order valence-corrected chi connectivity index (χ1v) is 10.4. The summed E-state index contributed by atoms with van der Waals surface area (Å²) in [5, 5.41) is 3.67. The van der Waals surface area contributed by atoms with Crippen LogP contribution in [-0.2, 0) is 16.0 Å². The maximum Gasteiger partial charge on any atom is 0.328 e. The van der Waals surface area contributed by atoms with Gasteiger partial charge in [0.15, 0.2) is 0 Å². The Kier molecular flexibility index (Phi) is 4.77. The number of H-pyrrole nitrogens is 1. The van der Waals surface area contributed by atoms with E-state index in [0.717, 1.165) is 29.3 Å². The fourth-order valence-electron chi connectivity index (χ4n) is 4.16. The largest absolute Gasteiger partial charge is 0.467 e. The molecule has 8 nitrogen and oxygen atoms in total. The van der Waals surface area contributed by atoms with Crippen LogP contribution in [0.15, 0.2) is 48.7 Å². The van der Waals surface area contributed by atoms with E-state index in [1.54, 1.807) is 6.20 Å². The number of amides is 3. The van der Waals surface area contributed by atoms with Crippen molar-refractivity contribution in [2.24, 2.45) is 0 Å². The molecule has 0 saturated heterocycles. The van der Waals surface area contributed by atoms with Crippen molar-refractivity contribution >= 4 is 34.6 Å². The molecule has 8 heteroatoms. The standard InChI is InChI=1S/C24H21N3O5/c1-32-24(31)20(11-14-12-25-19-5-3-2-4-16(14)19)26-21(28)13-6-9-17-18(10-13)23(30)27(22(17)29)15-7-8-15/h2-6,9-10,12,15,20,25H,7-8,11H2,1H3,(H,26,28). The lowest BCUT2D eigenvalue weighted by molar-refractivity contribution is -0.142. The maximum absolute atomic E-state index is 12.9. The third-order valence-electron chi connectivity index (χ3n) is 5.98. The predicted molar refractivity (Wildman–Crippen MR) is 115 cm³/mol. The molecular formula is C24H21N3O5. The molecule has 1 unspecified atom stereocenters. The molecule has 1 saturated carbocycles. The Morgan fingerprint density at radius 2 is 1.88 bits per heavy atom. The van der Waals surface area contributed by atoms with Gasteiger partial charge in [-0.3, -0.25) is 19.3 Å². The van der Waals surface area contributed by atoms with E-state index in [1.807, 2.05) is 24.3 Å². The summed E-state index contributed by atoms with van der Waals surface area (Å²) in [7, 11) is 1.27. The summed E-state index contributed by atoms with van der Waals surface area (Å²) in [6, 6.07) is 11.1. The highest BCUT2D eigenvalue weighted by molar-refractivity contribution is 6.22. The van der Waals surface area contributed by atoms with Crippen LogP contribution in [0.2, 0.25) is 0 Å². The third-order valence-corrected chi connectivity index (χ3v) is 5.98. The SMILES string of the molecule is COC(=O)C(Cc1c[nH]c2ccccc12)NC(=O)c1ccc2c(c1)C(=O)N(C1CC1)C2=O. The first kappa shape index (κ1) is 20.0. The second kappa shape index (κ2) is 7.64. The Morgan fingerprint density at radius 3 is 2.62 bits per heavy atom. The van der Waals surface area contributed by atoms with Crippen molar-refractivity contribution in [1.29, 1.82) is 0 Å². The topological polar surface area (TPSA) is 109 Å². The molecule has 2 heterocycles. The van der Waals surface area contributed by atoms with E-state index in [2.05, 4.69) is 10.3 Å². The van der Waals surface area contributed by atoms with Gasteiger partial charge in [-0.2, -0.15) is 0 Å². The number of esters is 1. The number of hydrogen-bond donors (Lipinski definition) is 2. The molecule has 2 aromatic carbocycles. The number of carbonyl (C=O) groups is 4. The summed E-state index contributed by atoms with van der Waals surface area (Å²) in [5.74, 6) is -1.78. The van der Waals surface area contributed by atoms with Crippen LogP contribution in [0.3, 0.4) is 0 Å². The molecule has 1 fully saturated rings. The Morgan fingerprint density at radius 1 is 1.12 bits per heavy atom. The van der Waals surface area contributed by atoms with Crippen molar-refractivity contribution in [3.63, 3.8) is 0 Å². The van der Waals surface area contributed by atoms with Gasteiger partial charge < -0.3 is 15.0 Å². The number of benzene rings is 2. The van der Waals surface area contributed by atoms with Gasteiger partial charge in [0, 0.05) is 35.1 Å². The second-order valence-electron chi connectivity index (χ2n) is 8.08. The molecule has 1 atom stereocenters. The third kappa shape index (κ3) is 3.33. The van der Waals surface area contributed by atoms with Crippen molar-refractivity contribution in [2.75, 3.05) is 7.11 Å². The molecule has 0 spiro atoms. The minimum Gasteiger partial charge on any atom is -0.467 e. The summed E-state index contributed by atoms with van der Waals surface area (Å²) >= 11 is 0. The normalized spacial score (nSPS) is 16.2. The fraction of sp³-hybridized carbons (Fsp3) is 0.250. The number of carbonyl (C=O) groups excluding carboxylic acids is 4. The van der Waals surface area contributed by atoms with E-state index in [-0.39, 0.29) is 35.4 Å². The summed E-state index contributed by atoms with van der Waals surface area (Å²) in [5.41, 5.74) is 2.53. The zero-order valence-corrected chi connectivity index (χ0v) is 17.4. The Bertz CT molecular complexity index is 1270. The number of hydrogen-bond acceptors (Lipinski definition) is 5. The average molecular weight is 431 g/mol. The summed E-state index contributed by atoms with van der Waals surface area (Å²) in [6.45, 7) is 0. The number of methoxy groups -OCH3 is 1. The number of ether oxygens (including phenoxy) is 1. The number of fused-ring (bicyclic) bond motifs is 2. The molecule has 1 aliphatic carbocycles. The van der Waals surface area contributed by atoms with E-state index in [9.17, 15) is 19.2 Å². The first-order valence-electron chi connectivity index (χ1n) is 10.4. The van der Waals surface area contributed by atoms with Gasteiger partial charge in [-0.05, 0) is 42.7 Å². The highest BCUT2D eigenvalue weighted by Gasteiger charge is 2.44. The lowest BCUT2D eigenvalue weighted by Gasteiger charge is -2.16. The van der Waals surface area contributed by atoms with Gasteiger partial charge in [-0.25, -0.2) is 4.79 Å². The molecular weight excluding hydrogens is 410 g/mol. The molecule has 1 aliphatic heterocycles. The minimum absolute atomic E-state index is 0.0421. The van der Waals surface area contributed by atoms with E-state index >= 15 is 0 Å². The van der Waals surface area contributed by atoms with Crippen molar-refractivity contribution in [1.82, 2.24) is 15.2 Å². The van der Waals surface area contributed by atoms with Gasteiger partial charge in [0.2, 0.25) is 0 Å². The van der Waals surface area contributed by atoms with Crippen LogP contribution in [0.1, 0.15) is 49.5 Å². The number of para-hydroxylation sites is 1. The quantitative estimate of drug-likeness (QED) is 0.460. The van der Waals surface area contributed by atoms with Crippen molar-refractivity contribution in [2.45, 2.75) is 31.3 Å². The molecule has 3 aromatic rings. The molecule has 1 aromatic heterocycles. The Hall–Kier alpha value is -3.94. The van der Waals surface area contributed by atoms with Crippen molar-refractivity contribution < 1.29 is 23.9 Å². The van der Waals surface area contributed by atoms with Gasteiger partial charge in [0.1, 0.15) is 6.04 Å². The lowest BCUT2D eigenvalue weighted by Crippen LogP contribution is -2.43. The molecule has 0 bridgehead atoms. The van der Waals surface area contributed by atoms with E-state index < -0.39 is 17.9 Å². The van der Waals surface area contributed by atoms with Gasteiger partial charge in [-0.15, -0.1) is 0 Å². The number of imide groups is 1. The van der Waals surface area contributed by atoms with Crippen molar-refractivity contribution in [3.05, 3.63) is 70.9 Å². The Labute approximate surface area is 183 Å². The number of nitrogens with one attached hydrogen (secondary N) is 2. The molecule has 2 N–H and O–H groups in total. The van der Waals surface area contributed by atoms with Crippen LogP contribution in [0.25, 0.3) is 10.9 Å². The van der Waals surface area contributed by atoms with Gasteiger partial charge in [0.25, 0.3) is 17.7 Å². The lowest BCUT2D eigenvalue weighted by atomic mass is 10.0. The van der Waals surface area contributed by atoms with E-state index in [1.165, 1.54) is 30.2 Å². The van der Waals surface area contributed by atoms with Gasteiger partial charge in [0.05, 0.1) is 18.2 Å². The van der Waals surface area contributed by atoms with Crippen LogP contribution < -0.4 is 5.32 Å². The molecule has 32 heavy (non-hydrogen) atoms. The highest BCUT2D eigenvalue weighted by atomic mass is 16.5. The highest BCUT2D eigenvalue weighted by Crippen LogP contribution is 2.35. The second-order valence-corrected chi connectivity index (χ2v) is 8.08. The Balaban J connectivity index is 1.38. The van der Waals surface area contributed by atoms with E-state index in [0.29, 0.717) is 5.56 Å². The number of rotatable bonds is 6. The monoisotopic (exact) mass is 431 g/mol. The fourth-order valence-corrected chi connectivity index (χ4v) is 4.16.